The maximum atomic E-state index is 12.6. The molecular weight excluding hydrogens is 769 g/mol. The molecule has 0 aliphatic rings. The van der Waals surface area contributed by atoms with Gasteiger partial charge in [-0.1, -0.05) is 147 Å². The first-order chi connectivity index (χ1) is 28.0. The predicted octanol–water partition coefficient (Wildman–Crippen LogP) is 15.3. The minimum Gasteiger partial charge on any atom is -0.458 e. The summed E-state index contributed by atoms with van der Waals surface area (Å²) in [7, 11) is 0. The zero-order chi connectivity index (χ0) is 40.9. The lowest BCUT2D eigenvalue weighted by atomic mass is 9.86. The predicted molar refractivity (Wildman–Crippen MR) is 247 cm³/mol. The minimum absolute atomic E-state index is 0.272. The van der Waals surface area contributed by atoms with Gasteiger partial charge in [0.1, 0.15) is 17.3 Å². The van der Waals surface area contributed by atoms with E-state index in [1.807, 2.05) is 92.9 Å². The van der Waals surface area contributed by atoms with Crippen molar-refractivity contribution in [2.24, 2.45) is 11.3 Å². The number of hydrogen-bond donors (Lipinski definition) is 0. The molecule has 0 aliphatic heterocycles. The van der Waals surface area contributed by atoms with Crippen LogP contribution in [0.5, 0.6) is 11.5 Å². The third kappa shape index (κ3) is 12.3. The standard InChI is InChI=1S/C52H48O3S3/c1-37(2)33-35-56-45-25-29-47(30-26-45)58-48-31-27-46(28-32-48)57-36-34-38(3)54-43-21-17-41(18-22-43)49(39-13-9-7-10-14-39)50(40-15-11-8-12-16-40)42-19-23-44(24-20-42)55-51(53)52(4,5)6/h7-37H,3H2,1-2,4-6H3/b35-33+,36-34+,50-49+. The van der Waals surface area contributed by atoms with Crippen LogP contribution in [0.2, 0.25) is 0 Å². The quantitative estimate of drug-likeness (QED) is 0.0257. The number of benzene rings is 6. The second-order valence-corrected chi connectivity index (χ2v) is 18.0. The second kappa shape index (κ2) is 20.3. The van der Waals surface area contributed by atoms with Crippen molar-refractivity contribution in [1.29, 1.82) is 0 Å². The Balaban J connectivity index is 1.14. The number of thioether (sulfide) groups is 2. The van der Waals surface area contributed by atoms with Gasteiger partial charge in [-0.25, -0.2) is 0 Å². The molecule has 0 unspecified atom stereocenters. The van der Waals surface area contributed by atoms with E-state index in [0.717, 1.165) is 38.3 Å². The second-order valence-electron chi connectivity index (χ2n) is 14.9. The van der Waals surface area contributed by atoms with Crippen LogP contribution in [0.1, 0.15) is 56.9 Å². The van der Waals surface area contributed by atoms with E-state index in [2.05, 4.69) is 129 Å². The largest absolute Gasteiger partial charge is 0.458 e. The highest BCUT2D eigenvalue weighted by atomic mass is 32.2. The molecule has 292 valence electrons. The van der Waals surface area contributed by atoms with Gasteiger partial charge in [-0.05, 0) is 150 Å². The van der Waals surface area contributed by atoms with Crippen LogP contribution in [-0.4, -0.2) is 5.97 Å². The Kier molecular flexibility index (Phi) is 14.8. The normalized spacial score (nSPS) is 12.2. The Labute approximate surface area is 357 Å². The van der Waals surface area contributed by atoms with E-state index in [1.54, 1.807) is 35.3 Å². The molecule has 0 amide bonds. The molecule has 3 nitrogen and oxygen atoms in total. The molecule has 0 saturated carbocycles. The monoisotopic (exact) mass is 816 g/mol. The van der Waals surface area contributed by atoms with E-state index in [4.69, 9.17) is 9.47 Å². The van der Waals surface area contributed by atoms with Gasteiger partial charge in [0.2, 0.25) is 0 Å². The van der Waals surface area contributed by atoms with Crippen LogP contribution >= 0.6 is 35.3 Å². The molecule has 58 heavy (non-hydrogen) atoms. The Morgan fingerprint density at radius 1 is 0.534 bits per heavy atom. The number of carbonyl (C=O) groups excluding carboxylic acids is 1. The highest BCUT2D eigenvalue weighted by Gasteiger charge is 2.24. The van der Waals surface area contributed by atoms with Gasteiger partial charge in [-0.3, -0.25) is 4.79 Å². The summed E-state index contributed by atoms with van der Waals surface area (Å²) in [6, 6.07) is 53.9. The fourth-order valence-electron chi connectivity index (χ4n) is 5.72. The molecule has 0 radical (unpaired) electrons. The third-order valence-electron chi connectivity index (χ3n) is 8.74. The first-order valence-corrected chi connectivity index (χ1v) is 21.8. The molecule has 0 bridgehead atoms. The third-order valence-corrected chi connectivity index (χ3v) is 11.4. The van der Waals surface area contributed by atoms with Crippen LogP contribution in [0.3, 0.4) is 0 Å². The fraction of sp³-hybridized carbons (Fsp3) is 0.135. The van der Waals surface area contributed by atoms with Gasteiger partial charge >= 0.3 is 5.97 Å². The van der Waals surface area contributed by atoms with Gasteiger partial charge in [0, 0.05) is 19.6 Å². The summed E-state index contributed by atoms with van der Waals surface area (Å²) in [6.07, 6.45) is 4.11. The average molecular weight is 817 g/mol. The van der Waals surface area contributed by atoms with Gasteiger partial charge in [0.05, 0.1) is 5.41 Å². The lowest BCUT2D eigenvalue weighted by molar-refractivity contribution is -0.143. The van der Waals surface area contributed by atoms with Crippen molar-refractivity contribution in [3.05, 3.63) is 215 Å². The van der Waals surface area contributed by atoms with Gasteiger partial charge in [-0.2, -0.15) is 0 Å². The number of carbonyl (C=O) groups is 1. The highest BCUT2D eigenvalue weighted by Crippen LogP contribution is 2.38. The molecule has 0 aliphatic carbocycles. The molecule has 6 rings (SSSR count). The van der Waals surface area contributed by atoms with Gasteiger partial charge < -0.3 is 9.47 Å². The van der Waals surface area contributed by atoms with Crippen LogP contribution in [0.25, 0.3) is 11.1 Å². The first kappa shape index (κ1) is 42.2. The summed E-state index contributed by atoms with van der Waals surface area (Å²) in [5.41, 5.74) is 5.71. The molecule has 0 heterocycles. The van der Waals surface area contributed by atoms with Crippen molar-refractivity contribution in [2.45, 2.75) is 54.2 Å². The smallest absolute Gasteiger partial charge is 0.316 e. The number of allylic oxidation sites excluding steroid dienone is 2. The SMILES string of the molecule is C=C(/C=C/Sc1ccc(Sc2ccc(S/C=C/C(C)C)cc2)cc1)Oc1ccc(/C(=C(\c2ccccc2)c2ccc(OC(=O)C(C)(C)C)cc2)c2ccccc2)cc1. The number of rotatable bonds is 15. The van der Waals surface area contributed by atoms with Crippen molar-refractivity contribution in [3.8, 4) is 11.5 Å². The summed E-state index contributed by atoms with van der Waals surface area (Å²) in [4.78, 5) is 17.4. The van der Waals surface area contributed by atoms with E-state index < -0.39 is 5.41 Å². The molecule has 0 aromatic heterocycles. The molecule has 0 N–H and O–H groups in total. The van der Waals surface area contributed by atoms with Crippen molar-refractivity contribution in [1.82, 2.24) is 0 Å². The van der Waals surface area contributed by atoms with Crippen LogP contribution in [-0.2, 0) is 4.79 Å². The molecule has 6 aromatic rings. The maximum Gasteiger partial charge on any atom is 0.316 e. The van der Waals surface area contributed by atoms with Crippen molar-refractivity contribution in [2.75, 3.05) is 0 Å². The maximum absolute atomic E-state index is 12.6. The first-order valence-electron chi connectivity index (χ1n) is 19.2. The molecule has 0 atom stereocenters. The molecule has 0 spiro atoms. The zero-order valence-corrected chi connectivity index (χ0v) is 36.0. The van der Waals surface area contributed by atoms with E-state index >= 15 is 0 Å². The zero-order valence-electron chi connectivity index (χ0n) is 33.6. The summed E-state index contributed by atoms with van der Waals surface area (Å²) in [5, 5.41) is 4.17. The topological polar surface area (TPSA) is 35.5 Å². The summed E-state index contributed by atoms with van der Waals surface area (Å²) in [6.45, 7) is 14.1. The van der Waals surface area contributed by atoms with Gasteiger partial charge in [0.15, 0.2) is 0 Å². The van der Waals surface area contributed by atoms with Crippen LogP contribution in [0.15, 0.2) is 213 Å². The van der Waals surface area contributed by atoms with E-state index in [0.29, 0.717) is 23.2 Å². The van der Waals surface area contributed by atoms with Crippen molar-refractivity contribution < 1.29 is 14.3 Å². The fourth-order valence-corrected chi connectivity index (χ4v) is 8.05. The van der Waals surface area contributed by atoms with Gasteiger partial charge in [-0.15, -0.1) is 0 Å². The number of hydrogen-bond acceptors (Lipinski definition) is 6. The van der Waals surface area contributed by atoms with E-state index in [-0.39, 0.29) is 5.97 Å². The lowest BCUT2D eigenvalue weighted by Gasteiger charge is -2.19. The number of esters is 1. The Morgan fingerprint density at radius 3 is 1.36 bits per heavy atom. The molecule has 6 heteroatoms. The van der Waals surface area contributed by atoms with Gasteiger partial charge in [0.25, 0.3) is 0 Å². The molecule has 0 saturated heterocycles. The Bertz CT molecular complexity index is 2350. The van der Waals surface area contributed by atoms with E-state index in [1.165, 1.54) is 14.7 Å². The molecule has 0 fully saturated rings. The number of ether oxygens (including phenoxy) is 2. The molecular formula is C52H48O3S3. The lowest BCUT2D eigenvalue weighted by Crippen LogP contribution is -2.25. The average Bonchev–Trinajstić information content (AvgIpc) is 3.22. The summed E-state index contributed by atoms with van der Waals surface area (Å²) in [5.74, 6) is 2.04. The highest BCUT2D eigenvalue weighted by molar-refractivity contribution is 8.02. The molecule has 6 aromatic carbocycles. The van der Waals surface area contributed by atoms with Crippen molar-refractivity contribution >= 4 is 52.4 Å². The Hall–Kier alpha value is -5.40. The minimum atomic E-state index is -0.600. The Morgan fingerprint density at radius 2 is 0.931 bits per heavy atom. The summed E-state index contributed by atoms with van der Waals surface area (Å²) < 4.78 is 11.8. The summed E-state index contributed by atoms with van der Waals surface area (Å²) >= 11 is 5.13. The van der Waals surface area contributed by atoms with Crippen LogP contribution < -0.4 is 9.47 Å². The van der Waals surface area contributed by atoms with Crippen LogP contribution in [0.4, 0.5) is 0 Å². The van der Waals surface area contributed by atoms with E-state index in [9.17, 15) is 4.79 Å². The van der Waals surface area contributed by atoms with Crippen LogP contribution in [0, 0.1) is 11.3 Å². The van der Waals surface area contributed by atoms with Crippen molar-refractivity contribution in [3.63, 3.8) is 0 Å².